The number of hydrogen-bond acceptors (Lipinski definition) is 3. The highest BCUT2D eigenvalue weighted by atomic mass is 19.1. The predicted molar refractivity (Wildman–Crippen MR) is 59.5 cm³/mol. The van der Waals surface area contributed by atoms with Crippen molar-refractivity contribution >= 4 is 5.97 Å². The Hall–Kier alpha value is -1.93. The molecular weight excluding hydrogens is 223 g/mol. The molecule has 5 heteroatoms. The average molecular weight is 236 g/mol. The highest BCUT2D eigenvalue weighted by molar-refractivity contribution is 5.66. The van der Waals surface area contributed by atoms with Gasteiger partial charge in [0.2, 0.25) is 0 Å². The third-order valence-electron chi connectivity index (χ3n) is 2.26. The van der Waals surface area contributed by atoms with Gasteiger partial charge >= 0.3 is 5.97 Å². The Bertz CT molecular complexity index is 412. The lowest BCUT2D eigenvalue weighted by molar-refractivity contribution is -0.137. The second-order valence-corrected chi connectivity index (χ2v) is 3.64. The van der Waals surface area contributed by atoms with Crippen LogP contribution in [0.25, 0.3) is 0 Å². The SMILES string of the molecule is N#CCN(CCC(=O)O)Cc1ccc(F)cc1. The van der Waals surface area contributed by atoms with Crippen LogP contribution in [-0.2, 0) is 11.3 Å². The van der Waals surface area contributed by atoms with Gasteiger partial charge in [0.25, 0.3) is 0 Å². The Morgan fingerprint density at radius 1 is 1.41 bits per heavy atom. The molecule has 0 saturated heterocycles. The number of carboxylic acids is 1. The standard InChI is InChI=1S/C12H13FN2O2/c13-11-3-1-10(2-4-11)9-15(8-6-14)7-5-12(16)17/h1-4H,5,7-9H2,(H,16,17). The molecule has 0 amide bonds. The molecule has 0 saturated carbocycles. The first-order valence-corrected chi connectivity index (χ1v) is 5.17. The van der Waals surface area contributed by atoms with Crippen molar-refractivity contribution in [3.8, 4) is 6.07 Å². The number of hydrogen-bond donors (Lipinski definition) is 1. The van der Waals surface area contributed by atoms with Crippen LogP contribution in [0, 0.1) is 17.1 Å². The van der Waals surface area contributed by atoms with E-state index in [1.807, 2.05) is 6.07 Å². The summed E-state index contributed by atoms with van der Waals surface area (Å²) in [5, 5.41) is 17.2. The number of carboxylic acid groups (broad SMARTS) is 1. The van der Waals surface area contributed by atoms with Crippen LogP contribution in [-0.4, -0.2) is 29.1 Å². The smallest absolute Gasteiger partial charge is 0.304 e. The highest BCUT2D eigenvalue weighted by Crippen LogP contribution is 2.06. The van der Waals surface area contributed by atoms with Crippen molar-refractivity contribution in [2.24, 2.45) is 0 Å². The molecule has 0 aliphatic rings. The van der Waals surface area contributed by atoms with Crippen LogP contribution >= 0.6 is 0 Å². The van der Waals surface area contributed by atoms with Crippen LogP contribution in [0.15, 0.2) is 24.3 Å². The molecule has 90 valence electrons. The van der Waals surface area contributed by atoms with E-state index in [-0.39, 0.29) is 18.8 Å². The molecule has 0 fully saturated rings. The summed E-state index contributed by atoms with van der Waals surface area (Å²) in [5.41, 5.74) is 0.854. The summed E-state index contributed by atoms with van der Waals surface area (Å²) in [7, 11) is 0. The van der Waals surface area contributed by atoms with Crippen molar-refractivity contribution in [2.75, 3.05) is 13.1 Å². The number of benzene rings is 1. The second kappa shape index (κ2) is 6.61. The predicted octanol–water partition coefficient (Wildman–Crippen LogP) is 1.63. The summed E-state index contributed by atoms with van der Waals surface area (Å²) < 4.78 is 12.7. The van der Waals surface area contributed by atoms with Crippen LogP contribution < -0.4 is 0 Å². The summed E-state index contributed by atoms with van der Waals surface area (Å²) >= 11 is 0. The van der Waals surface area contributed by atoms with Gasteiger partial charge in [0.05, 0.1) is 19.0 Å². The monoisotopic (exact) mass is 236 g/mol. The molecule has 1 rings (SSSR count). The van der Waals surface area contributed by atoms with E-state index in [4.69, 9.17) is 10.4 Å². The van der Waals surface area contributed by atoms with E-state index in [0.29, 0.717) is 13.1 Å². The van der Waals surface area contributed by atoms with Gasteiger partial charge in [-0.05, 0) is 17.7 Å². The van der Waals surface area contributed by atoms with E-state index in [9.17, 15) is 9.18 Å². The lowest BCUT2D eigenvalue weighted by Crippen LogP contribution is -2.26. The van der Waals surface area contributed by atoms with Crippen LogP contribution in [0.4, 0.5) is 4.39 Å². The molecular formula is C12H13FN2O2. The minimum atomic E-state index is -0.896. The van der Waals surface area contributed by atoms with Crippen molar-refractivity contribution in [1.82, 2.24) is 4.90 Å². The molecule has 4 nitrogen and oxygen atoms in total. The molecule has 0 aliphatic heterocycles. The van der Waals surface area contributed by atoms with E-state index in [1.54, 1.807) is 17.0 Å². The van der Waals surface area contributed by atoms with Crippen molar-refractivity contribution in [2.45, 2.75) is 13.0 Å². The molecule has 0 bridgehead atoms. The molecule has 0 heterocycles. The lowest BCUT2D eigenvalue weighted by Gasteiger charge is -2.17. The molecule has 0 spiro atoms. The first-order chi connectivity index (χ1) is 8.11. The number of rotatable bonds is 6. The van der Waals surface area contributed by atoms with Gasteiger partial charge in [-0.25, -0.2) is 4.39 Å². The molecule has 0 radical (unpaired) electrons. The second-order valence-electron chi connectivity index (χ2n) is 3.64. The van der Waals surface area contributed by atoms with Gasteiger partial charge in [-0.15, -0.1) is 0 Å². The Labute approximate surface area is 98.9 Å². The Morgan fingerprint density at radius 2 is 2.06 bits per heavy atom. The van der Waals surface area contributed by atoms with Crippen molar-refractivity contribution in [3.63, 3.8) is 0 Å². The third-order valence-corrected chi connectivity index (χ3v) is 2.26. The molecule has 0 atom stereocenters. The van der Waals surface area contributed by atoms with Gasteiger partial charge in [-0.3, -0.25) is 9.69 Å². The van der Waals surface area contributed by atoms with E-state index in [1.165, 1.54) is 12.1 Å². The van der Waals surface area contributed by atoms with Gasteiger partial charge in [0.15, 0.2) is 0 Å². The summed E-state index contributed by atoms with van der Waals surface area (Å²) in [5.74, 6) is -1.21. The van der Waals surface area contributed by atoms with Gasteiger partial charge in [0, 0.05) is 13.1 Å². The zero-order valence-corrected chi connectivity index (χ0v) is 9.27. The quantitative estimate of drug-likeness (QED) is 0.762. The summed E-state index contributed by atoms with van der Waals surface area (Å²) in [6.45, 7) is 0.909. The van der Waals surface area contributed by atoms with Crippen LogP contribution in [0.3, 0.4) is 0 Å². The number of aliphatic carboxylic acids is 1. The molecule has 17 heavy (non-hydrogen) atoms. The lowest BCUT2D eigenvalue weighted by atomic mass is 10.2. The molecule has 1 N–H and O–H groups in total. The van der Waals surface area contributed by atoms with Gasteiger partial charge in [-0.1, -0.05) is 12.1 Å². The fourth-order valence-corrected chi connectivity index (χ4v) is 1.42. The fraction of sp³-hybridized carbons (Fsp3) is 0.333. The van der Waals surface area contributed by atoms with Crippen molar-refractivity contribution in [3.05, 3.63) is 35.6 Å². The van der Waals surface area contributed by atoms with E-state index in [2.05, 4.69) is 0 Å². The maximum absolute atomic E-state index is 12.7. The Morgan fingerprint density at radius 3 is 2.59 bits per heavy atom. The number of nitrogens with zero attached hydrogens (tertiary/aromatic N) is 2. The zero-order valence-electron chi connectivity index (χ0n) is 9.27. The molecule has 1 aromatic carbocycles. The normalized spacial score (nSPS) is 10.2. The minimum absolute atomic E-state index is 0.0110. The van der Waals surface area contributed by atoms with E-state index in [0.717, 1.165) is 5.56 Å². The largest absolute Gasteiger partial charge is 0.481 e. The van der Waals surface area contributed by atoms with Crippen molar-refractivity contribution < 1.29 is 14.3 Å². The minimum Gasteiger partial charge on any atom is -0.481 e. The van der Waals surface area contributed by atoms with Gasteiger partial charge in [0.1, 0.15) is 5.82 Å². The molecule has 0 aliphatic carbocycles. The fourth-order valence-electron chi connectivity index (χ4n) is 1.42. The Balaban J connectivity index is 2.56. The zero-order chi connectivity index (χ0) is 12.7. The third kappa shape index (κ3) is 5.09. The number of halogens is 1. The summed E-state index contributed by atoms with van der Waals surface area (Å²) in [6, 6.07) is 7.92. The average Bonchev–Trinajstić information content (AvgIpc) is 2.29. The van der Waals surface area contributed by atoms with Crippen molar-refractivity contribution in [1.29, 1.82) is 5.26 Å². The first-order valence-electron chi connectivity index (χ1n) is 5.17. The van der Waals surface area contributed by atoms with Gasteiger partial charge in [-0.2, -0.15) is 5.26 Å². The topological polar surface area (TPSA) is 64.3 Å². The van der Waals surface area contributed by atoms with Crippen LogP contribution in [0.5, 0.6) is 0 Å². The first kappa shape index (κ1) is 13.1. The van der Waals surface area contributed by atoms with E-state index >= 15 is 0 Å². The summed E-state index contributed by atoms with van der Waals surface area (Å²) in [4.78, 5) is 12.2. The maximum atomic E-state index is 12.7. The highest BCUT2D eigenvalue weighted by Gasteiger charge is 2.07. The number of nitriles is 1. The van der Waals surface area contributed by atoms with Crippen LogP contribution in [0.2, 0.25) is 0 Å². The Kier molecular flexibility index (Phi) is 5.11. The van der Waals surface area contributed by atoms with Crippen LogP contribution in [0.1, 0.15) is 12.0 Å². The van der Waals surface area contributed by atoms with Gasteiger partial charge < -0.3 is 5.11 Å². The van der Waals surface area contributed by atoms with E-state index < -0.39 is 5.97 Å². The molecule has 1 aromatic rings. The summed E-state index contributed by atoms with van der Waals surface area (Å²) in [6.07, 6.45) is -0.0110. The maximum Gasteiger partial charge on any atom is 0.304 e. The molecule has 0 aromatic heterocycles. The molecule has 0 unspecified atom stereocenters. The number of carbonyl (C=O) groups is 1.